The molecule has 0 aromatic heterocycles. The third-order valence-corrected chi connectivity index (χ3v) is 4.40. The van der Waals surface area contributed by atoms with E-state index in [0.717, 1.165) is 5.56 Å². The smallest absolute Gasteiger partial charge is 0.242 e. The van der Waals surface area contributed by atoms with E-state index in [9.17, 15) is 8.42 Å². The molecule has 0 unspecified atom stereocenters. The molecule has 1 aromatic carbocycles. The van der Waals surface area contributed by atoms with Gasteiger partial charge in [0.25, 0.3) is 0 Å². The van der Waals surface area contributed by atoms with E-state index < -0.39 is 10.0 Å². The van der Waals surface area contributed by atoms with E-state index in [1.165, 1.54) is 6.07 Å². The number of sulfonamides is 1. The molecule has 0 spiro atoms. The molecule has 0 atom stereocenters. The maximum atomic E-state index is 11.3. The predicted octanol–water partition coefficient (Wildman–Crippen LogP) is 1.96. The first-order valence-corrected chi connectivity index (χ1v) is 6.83. The van der Waals surface area contributed by atoms with Crippen molar-refractivity contribution < 1.29 is 8.42 Å². The lowest BCUT2D eigenvalue weighted by Crippen LogP contribution is -2.14. The van der Waals surface area contributed by atoms with Crippen LogP contribution in [0.5, 0.6) is 0 Å². The summed E-state index contributed by atoms with van der Waals surface area (Å²) in [5.74, 6) is 0. The van der Waals surface area contributed by atoms with Gasteiger partial charge in [0.15, 0.2) is 0 Å². The van der Waals surface area contributed by atoms with Gasteiger partial charge in [-0.15, -0.1) is 0 Å². The zero-order valence-electron chi connectivity index (χ0n) is 7.99. The van der Waals surface area contributed by atoms with E-state index in [-0.39, 0.29) is 4.66 Å². The topological polar surface area (TPSA) is 70.0 Å². The first-order chi connectivity index (χ1) is 6.98. The Morgan fingerprint density at radius 1 is 1.53 bits per heavy atom. The van der Waals surface area contributed by atoms with Crippen LogP contribution in [0, 0.1) is 18.3 Å². The van der Waals surface area contributed by atoms with Crippen LogP contribution in [-0.2, 0) is 10.0 Å². The van der Waals surface area contributed by atoms with Gasteiger partial charge in [-0.1, -0.05) is 22.0 Å². The number of rotatable bonds is 3. The second-order valence-corrected chi connectivity index (χ2v) is 5.99. The van der Waals surface area contributed by atoms with Crippen LogP contribution in [0.2, 0.25) is 0 Å². The van der Waals surface area contributed by atoms with E-state index in [0.29, 0.717) is 11.3 Å². The molecule has 80 valence electrons. The summed E-state index contributed by atoms with van der Waals surface area (Å²) in [5.41, 5.74) is 1.64. The van der Waals surface area contributed by atoms with Gasteiger partial charge in [-0.2, -0.15) is 5.26 Å². The number of benzene rings is 1. The highest BCUT2D eigenvalue weighted by Crippen LogP contribution is 2.18. The minimum absolute atomic E-state index is 0.170. The van der Waals surface area contributed by atoms with Gasteiger partial charge in [-0.05, 0) is 24.6 Å². The Hall–Kier alpha value is -1.06. The molecule has 0 radical (unpaired) electrons. The van der Waals surface area contributed by atoms with Gasteiger partial charge < -0.3 is 0 Å². The van der Waals surface area contributed by atoms with Crippen LogP contribution < -0.4 is 4.72 Å². The van der Waals surface area contributed by atoms with Crippen molar-refractivity contribution in [3.05, 3.63) is 29.3 Å². The van der Waals surface area contributed by atoms with Crippen LogP contribution in [0.1, 0.15) is 11.1 Å². The molecular formula is C9H9BrN2O2S. The molecule has 0 fully saturated rings. The van der Waals surface area contributed by atoms with Gasteiger partial charge in [-0.3, -0.25) is 4.72 Å². The van der Waals surface area contributed by atoms with E-state index in [1.807, 2.05) is 6.07 Å². The van der Waals surface area contributed by atoms with E-state index in [2.05, 4.69) is 20.7 Å². The number of aryl methyl sites for hydroxylation is 1. The van der Waals surface area contributed by atoms with Gasteiger partial charge in [-0.25, -0.2) is 8.42 Å². The Bertz CT molecular complexity index is 505. The number of hydrogen-bond donors (Lipinski definition) is 1. The number of hydrogen-bond acceptors (Lipinski definition) is 3. The summed E-state index contributed by atoms with van der Waals surface area (Å²) in [4.78, 5) is 0. The number of nitrogens with zero attached hydrogens (tertiary/aromatic N) is 1. The van der Waals surface area contributed by atoms with Crippen LogP contribution in [0.15, 0.2) is 18.2 Å². The highest BCUT2D eigenvalue weighted by atomic mass is 79.9. The summed E-state index contributed by atoms with van der Waals surface area (Å²) >= 11 is 2.87. The minimum Gasteiger partial charge on any atom is -0.283 e. The molecule has 1 rings (SSSR count). The van der Waals surface area contributed by atoms with Crippen molar-refractivity contribution in [3.8, 4) is 6.07 Å². The molecular weight excluding hydrogens is 280 g/mol. The van der Waals surface area contributed by atoms with Crippen LogP contribution >= 0.6 is 15.9 Å². The number of nitriles is 1. The van der Waals surface area contributed by atoms with Gasteiger partial charge in [0.1, 0.15) is 4.66 Å². The minimum atomic E-state index is -3.36. The van der Waals surface area contributed by atoms with E-state index >= 15 is 0 Å². The van der Waals surface area contributed by atoms with E-state index in [1.54, 1.807) is 19.1 Å². The molecule has 6 heteroatoms. The Balaban J connectivity index is 3.10. The highest BCUT2D eigenvalue weighted by Gasteiger charge is 2.09. The van der Waals surface area contributed by atoms with Crippen LogP contribution in [-0.4, -0.2) is 13.1 Å². The fraction of sp³-hybridized carbons (Fsp3) is 0.222. The first-order valence-electron chi connectivity index (χ1n) is 4.06. The summed E-state index contributed by atoms with van der Waals surface area (Å²) in [5, 5.41) is 8.67. The highest BCUT2D eigenvalue weighted by molar-refractivity contribution is 9.10. The summed E-state index contributed by atoms with van der Waals surface area (Å²) in [7, 11) is -3.36. The van der Waals surface area contributed by atoms with Crippen LogP contribution in [0.4, 0.5) is 5.69 Å². The number of anilines is 1. The first kappa shape index (κ1) is 12.0. The molecule has 1 N–H and O–H groups in total. The largest absolute Gasteiger partial charge is 0.283 e. The third-order valence-electron chi connectivity index (χ3n) is 1.78. The normalized spacial score (nSPS) is 10.7. The molecule has 0 saturated heterocycles. The molecule has 1 aromatic rings. The van der Waals surface area contributed by atoms with Crippen molar-refractivity contribution in [3.63, 3.8) is 0 Å². The van der Waals surface area contributed by atoms with Crippen molar-refractivity contribution in [1.82, 2.24) is 0 Å². The fourth-order valence-electron chi connectivity index (χ4n) is 0.996. The van der Waals surface area contributed by atoms with Gasteiger partial charge in [0.2, 0.25) is 10.0 Å². The summed E-state index contributed by atoms with van der Waals surface area (Å²) in [6.45, 7) is 1.77. The van der Waals surface area contributed by atoms with Gasteiger partial charge in [0.05, 0.1) is 17.3 Å². The van der Waals surface area contributed by atoms with Crippen LogP contribution in [0.25, 0.3) is 0 Å². The zero-order valence-corrected chi connectivity index (χ0v) is 10.4. The Labute approximate surface area is 97.1 Å². The molecule has 0 bridgehead atoms. The van der Waals surface area contributed by atoms with Crippen molar-refractivity contribution in [2.75, 3.05) is 9.38 Å². The molecule has 0 amide bonds. The zero-order chi connectivity index (χ0) is 11.5. The predicted molar refractivity (Wildman–Crippen MR) is 62.2 cm³/mol. The monoisotopic (exact) mass is 288 g/mol. The molecule has 0 aliphatic heterocycles. The summed E-state index contributed by atoms with van der Waals surface area (Å²) in [6.07, 6.45) is 0. The lowest BCUT2D eigenvalue weighted by atomic mass is 10.1. The molecule has 0 aliphatic rings. The fourth-order valence-corrected chi connectivity index (χ4v) is 1.95. The number of alkyl halides is 1. The SMILES string of the molecule is Cc1ccc(C#N)cc1NS(=O)(=O)CBr. The standard InChI is InChI=1S/C9H9BrN2O2S/c1-7-2-3-8(5-11)4-9(7)12-15(13,14)6-10/h2-4,12H,6H2,1H3. The third kappa shape index (κ3) is 3.22. The lowest BCUT2D eigenvalue weighted by molar-refractivity contribution is 0.606. The summed E-state index contributed by atoms with van der Waals surface area (Å²) in [6, 6.07) is 6.80. The molecule has 0 saturated carbocycles. The van der Waals surface area contributed by atoms with Crippen LogP contribution in [0.3, 0.4) is 0 Å². The number of nitrogens with one attached hydrogen (secondary N) is 1. The lowest BCUT2D eigenvalue weighted by Gasteiger charge is -2.08. The maximum absolute atomic E-state index is 11.3. The average molecular weight is 289 g/mol. The number of halogens is 1. The van der Waals surface area contributed by atoms with Crippen molar-refractivity contribution in [2.45, 2.75) is 6.92 Å². The van der Waals surface area contributed by atoms with Gasteiger partial charge in [0, 0.05) is 0 Å². The second-order valence-electron chi connectivity index (χ2n) is 2.97. The molecule has 0 aliphatic carbocycles. The van der Waals surface area contributed by atoms with Crippen molar-refractivity contribution >= 4 is 31.6 Å². The Morgan fingerprint density at radius 2 is 2.20 bits per heavy atom. The molecule has 15 heavy (non-hydrogen) atoms. The average Bonchev–Trinajstić information content (AvgIpc) is 2.21. The van der Waals surface area contributed by atoms with E-state index in [4.69, 9.17) is 5.26 Å². The van der Waals surface area contributed by atoms with Crippen molar-refractivity contribution in [2.24, 2.45) is 0 Å². The Kier molecular flexibility index (Phi) is 3.72. The summed E-state index contributed by atoms with van der Waals surface area (Å²) < 4.78 is 24.8. The quantitative estimate of drug-likeness (QED) is 0.865. The Morgan fingerprint density at radius 3 is 2.73 bits per heavy atom. The maximum Gasteiger partial charge on any atom is 0.242 e. The molecule has 4 nitrogen and oxygen atoms in total. The second kappa shape index (κ2) is 4.64. The van der Waals surface area contributed by atoms with Gasteiger partial charge >= 0.3 is 0 Å². The molecule has 0 heterocycles. The van der Waals surface area contributed by atoms with Crippen molar-refractivity contribution in [1.29, 1.82) is 5.26 Å².